The summed E-state index contributed by atoms with van der Waals surface area (Å²) in [6.45, 7) is 0. The lowest BCUT2D eigenvalue weighted by Gasteiger charge is -2.07. The van der Waals surface area contributed by atoms with Gasteiger partial charge in [0.05, 0.1) is 11.8 Å². The van der Waals surface area contributed by atoms with Crippen molar-refractivity contribution in [3.05, 3.63) is 41.3 Å². The normalized spacial score (nSPS) is 14.8. The van der Waals surface area contributed by atoms with Crippen molar-refractivity contribution >= 4 is 32.7 Å². The van der Waals surface area contributed by atoms with Gasteiger partial charge in [-0.1, -0.05) is 22.0 Å². The quantitative estimate of drug-likeness (QED) is 0.778. The summed E-state index contributed by atoms with van der Waals surface area (Å²) >= 11 is 3.56. The number of rotatable bonds is 2. The average Bonchev–Trinajstić information content (AvgIpc) is 3.24. The van der Waals surface area contributed by atoms with E-state index in [4.69, 9.17) is 5.73 Å². The highest BCUT2D eigenvalue weighted by molar-refractivity contribution is 9.10. The molecule has 20 heavy (non-hydrogen) atoms. The van der Waals surface area contributed by atoms with E-state index < -0.39 is 0 Å². The third kappa shape index (κ3) is 1.73. The Kier molecular flexibility index (Phi) is 2.57. The van der Waals surface area contributed by atoms with Gasteiger partial charge in [0.15, 0.2) is 0 Å². The van der Waals surface area contributed by atoms with Crippen molar-refractivity contribution in [2.24, 2.45) is 0 Å². The van der Waals surface area contributed by atoms with Gasteiger partial charge in [-0.3, -0.25) is 4.98 Å². The summed E-state index contributed by atoms with van der Waals surface area (Å²) in [6, 6.07) is 8.56. The highest BCUT2D eigenvalue weighted by Gasteiger charge is 2.27. The fourth-order valence-electron chi connectivity index (χ4n) is 2.55. The van der Waals surface area contributed by atoms with E-state index >= 15 is 0 Å². The molecule has 4 nitrogen and oxygen atoms in total. The third-order valence-electron chi connectivity index (χ3n) is 3.74. The lowest BCUT2D eigenvalue weighted by atomic mass is 10.1. The Bertz CT molecular complexity index is 805. The van der Waals surface area contributed by atoms with Gasteiger partial charge < -0.3 is 10.3 Å². The topological polar surface area (TPSA) is 56.7 Å². The van der Waals surface area contributed by atoms with Gasteiger partial charge in [0.25, 0.3) is 0 Å². The number of benzene rings is 1. The molecule has 0 atom stereocenters. The number of imidazole rings is 1. The van der Waals surface area contributed by atoms with Crippen molar-refractivity contribution in [2.45, 2.75) is 18.9 Å². The van der Waals surface area contributed by atoms with Crippen molar-refractivity contribution in [3.8, 4) is 11.3 Å². The fraction of sp³-hybridized carbons (Fsp3) is 0.200. The molecule has 1 fully saturated rings. The molecule has 100 valence electrons. The summed E-state index contributed by atoms with van der Waals surface area (Å²) in [5.74, 6) is 0.738. The molecule has 5 heteroatoms. The minimum Gasteiger partial charge on any atom is -0.383 e. The van der Waals surface area contributed by atoms with Crippen LogP contribution in [0.2, 0.25) is 0 Å². The van der Waals surface area contributed by atoms with Gasteiger partial charge in [-0.25, -0.2) is 4.98 Å². The maximum Gasteiger partial charge on any atom is 0.131 e. The largest absolute Gasteiger partial charge is 0.383 e. The van der Waals surface area contributed by atoms with E-state index in [1.54, 1.807) is 6.20 Å². The van der Waals surface area contributed by atoms with Gasteiger partial charge in [-0.2, -0.15) is 0 Å². The highest BCUT2D eigenvalue weighted by atomic mass is 79.9. The molecule has 2 aromatic heterocycles. The van der Waals surface area contributed by atoms with Crippen LogP contribution < -0.4 is 5.73 Å². The molecule has 3 aromatic rings. The summed E-state index contributed by atoms with van der Waals surface area (Å²) in [5.41, 5.74) is 9.01. The van der Waals surface area contributed by atoms with E-state index in [2.05, 4.69) is 30.5 Å². The summed E-state index contributed by atoms with van der Waals surface area (Å²) in [7, 11) is 0. The van der Waals surface area contributed by atoms with Crippen LogP contribution in [0.1, 0.15) is 18.9 Å². The number of halogens is 1. The smallest absolute Gasteiger partial charge is 0.131 e. The maximum absolute atomic E-state index is 6.27. The first-order valence-electron chi connectivity index (χ1n) is 6.61. The minimum atomic E-state index is 0.533. The van der Waals surface area contributed by atoms with Crippen LogP contribution in [-0.2, 0) is 0 Å². The van der Waals surface area contributed by atoms with Gasteiger partial charge >= 0.3 is 0 Å². The van der Waals surface area contributed by atoms with E-state index in [-0.39, 0.29) is 0 Å². The Morgan fingerprint density at radius 2 is 2.05 bits per heavy atom. The number of fused-ring (bicyclic) bond motifs is 1. The zero-order chi connectivity index (χ0) is 13.7. The van der Waals surface area contributed by atoms with Crippen LogP contribution in [0, 0.1) is 0 Å². The van der Waals surface area contributed by atoms with Crippen LogP contribution in [0.4, 0.5) is 5.82 Å². The number of anilines is 1. The van der Waals surface area contributed by atoms with E-state index in [0.717, 1.165) is 32.5 Å². The molecule has 2 N–H and O–H groups in total. The first-order valence-corrected chi connectivity index (χ1v) is 7.41. The van der Waals surface area contributed by atoms with Gasteiger partial charge in [-0.15, -0.1) is 0 Å². The lowest BCUT2D eigenvalue weighted by Crippen LogP contribution is -1.99. The van der Waals surface area contributed by atoms with Crippen molar-refractivity contribution in [2.75, 3.05) is 5.73 Å². The molecule has 2 heterocycles. The summed E-state index contributed by atoms with van der Waals surface area (Å²) in [6.07, 6.45) is 6.03. The summed E-state index contributed by atoms with van der Waals surface area (Å²) < 4.78 is 3.11. The number of nitrogens with two attached hydrogens (primary N) is 1. The van der Waals surface area contributed by atoms with Gasteiger partial charge in [0, 0.05) is 27.7 Å². The maximum atomic E-state index is 6.27. The summed E-state index contributed by atoms with van der Waals surface area (Å²) in [4.78, 5) is 9.00. The number of pyridine rings is 1. The monoisotopic (exact) mass is 328 g/mol. The van der Waals surface area contributed by atoms with Gasteiger partial charge in [0.2, 0.25) is 0 Å². The standard InChI is InChI=1S/C15H13BrN4/c16-12-6-5-11(13-10(12)2-1-7-18-13)14-15(17)20(8-19-14)9-3-4-9/h1-2,5-9H,3-4,17H2. The van der Waals surface area contributed by atoms with Gasteiger partial charge in [-0.05, 0) is 31.0 Å². The number of nitrogen functional groups attached to an aromatic ring is 1. The number of hydrogen-bond donors (Lipinski definition) is 1. The Labute approximate surface area is 124 Å². The molecule has 1 saturated carbocycles. The molecule has 0 unspecified atom stereocenters. The van der Waals surface area contributed by atoms with Gasteiger partial charge in [0.1, 0.15) is 11.5 Å². The van der Waals surface area contributed by atoms with Crippen LogP contribution in [0.5, 0.6) is 0 Å². The van der Waals surface area contributed by atoms with Crippen LogP contribution in [0.3, 0.4) is 0 Å². The molecule has 4 rings (SSSR count). The third-order valence-corrected chi connectivity index (χ3v) is 4.44. The van der Waals surface area contributed by atoms with Crippen molar-refractivity contribution in [1.82, 2.24) is 14.5 Å². The SMILES string of the molecule is Nc1c(-c2ccc(Br)c3cccnc23)ncn1C1CC1. The molecule has 1 aromatic carbocycles. The zero-order valence-electron chi connectivity index (χ0n) is 10.8. The predicted molar refractivity (Wildman–Crippen MR) is 83.3 cm³/mol. The van der Waals surface area contributed by atoms with E-state index in [1.165, 1.54) is 12.8 Å². The zero-order valence-corrected chi connectivity index (χ0v) is 12.3. The minimum absolute atomic E-state index is 0.533. The molecule has 0 amide bonds. The first kappa shape index (κ1) is 11.9. The second-order valence-corrected chi connectivity index (χ2v) is 5.97. The first-order chi connectivity index (χ1) is 9.75. The Balaban J connectivity index is 1.96. The molecule has 0 radical (unpaired) electrons. The summed E-state index contributed by atoms with van der Waals surface area (Å²) in [5, 5.41) is 1.07. The molecule has 0 bridgehead atoms. The number of aromatic nitrogens is 3. The highest BCUT2D eigenvalue weighted by Crippen LogP contribution is 2.40. The van der Waals surface area contributed by atoms with E-state index in [0.29, 0.717) is 6.04 Å². The molecule has 0 aliphatic heterocycles. The number of hydrogen-bond acceptors (Lipinski definition) is 3. The molecule has 0 saturated heterocycles. The second kappa shape index (κ2) is 4.31. The average molecular weight is 329 g/mol. The Hall–Kier alpha value is -1.88. The van der Waals surface area contributed by atoms with Crippen LogP contribution >= 0.6 is 15.9 Å². The van der Waals surface area contributed by atoms with Crippen molar-refractivity contribution < 1.29 is 0 Å². The van der Waals surface area contributed by atoms with Crippen LogP contribution in [0.25, 0.3) is 22.2 Å². The van der Waals surface area contributed by atoms with E-state index in [1.807, 2.05) is 30.6 Å². The molecular formula is C15H13BrN4. The van der Waals surface area contributed by atoms with Crippen LogP contribution in [-0.4, -0.2) is 14.5 Å². The molecule has 1 aliphatic rings. The number of nitrogens with zero attached hydrogens (tertiary/aromatic N) is 3. The van der Waals surface area contributed by atoms with Crippen LogP contribution in [0.15, 0.2) is 41.3 Å². The molecular weight excluding hydrogens is 316 g/mol. The van der Waals surface area contributed by atoms with Crippen molar-refractivity contribution in [1.29, 1.82) is 0 Å². The molecule has 1 aliphatic carbocycles. The van der Waals surface area contributed by atoms with Crippen molar-refractivity contribution in [3.63, 3.8) is 0 Å². The molecule has 0 spiro atoms. The van der Waals surface area contributed by atoms with E-state index in [9.17, 15) is 0 Å². The fourth-order valence-corrected chi connectivity index (χ4v) is 3.00. The predicted octanol–water partition coefficient (Wildman–Crippen LogP) is 3.78. The Morgan fingerprint density at radius 3 is 2.85 bits per heavy atom. The second-order valence-electron chi connectivity index (χ2n) is 5.11. The lowest BCUT2D eigenvalue weighted by molar-refractivity contribution is 0.751. The Morgan fingerprint density at radius 1 is 1.20 bits per heavy atom.